The van der Waals surface area contributed by atoms with E-state index in [-0.39, 0.29) is 11.8 Å². The van der Waals surface area contributed by atoms with Gasteiger partial charge in [0.15, 0.2) is 5.78 Å². The van der Waals surface area contributed by atoms with Crippen molar-refractivity contribution in [3.8, 4) is 0 Å². The summed E-state index contributed by atoms with van der Waals surface area (Å²) in [5.41, 5.74) is 0.905. The summed E-state index contributed by atoms with van der Waals surface area (Å²) in [6.07, 6.45) is 1.14. The molecule has 0 N–H and O–H groups in total. The molecule has 0 aromatic carbocycles. The molecule has 1 saturated heterocycles. The summed E-state index contributed by atoms with van der Waals surface area (Å²) in [5, 5.41) is 2.00. The van der Waals surface area contributed by atoms with E-state index in [1.807, 2.05) is 18.4 Å². The Morgan fingerprint density at radius 3 is 2.82 bits per heavy atom. The van der Waals surface area contributed by atoms with Gasteiger partial charge in [-0.1, -0.05) is 0 Å². The molecule has 1 aliphatic heterocycles. The smallest absolute Gasteiger partial charge is 0.182 e. The molecule has 0 bridgehead atoms. The molecule has 17 heavy (non-hydrogen) atoms. The van der Waals surface area contributed by atoms with Crippen LogP contribution in [0.15, 0.2) is 11.4 Å². The fourth-order valence-electron chi connectivity index (χ4n) is 2.37. The molecule has 1 aromatic rings. The van der Waals surface area contributed by atoms with Crippen LogP contribution in [-0.2, 0) is 0 Å². The summed E-state index contributed by atoms with van der Waals surface area (Å²) >= 11 is 1.65. The van der Waals surface area contributed by atoms with Crippen LogP contribution < -0.4 is 0 Å². The minimum absolute atomic E-state index is 0.01000. The highest BCUT2D eigenvalue weighted by Crippen LogP contribution is 2.20. The van der Waals surface area contributed by atoms with Crippen molar-refractivity contribution in [1.29, 1.82) is 0 Å². The zero-order valence-electron chi connectivity index (χ0n) is 10.8. The number of rotatable bonds is 2. The van der Waals surface area contributed by atoms with Crippen LogP contribution in [0.25, 0.3) is 0 Å². The summed E-state index contributed by atoms with van der Waals surface area (Å²) in [4.78, 5) is 18.1. The Labute approximate surface area is 107 Å². The lowest BCUT2D eigenvalue weighted by Gasteiger charge is -2.26. The SMILES string of the molecule is Cc1sccc1C(=O)C1CN(C)CCCN1C. The molecule has 0 amide bonds. The van der Waals surface area contributed by atoms with E-state index in [1.54, 1.807) is 11.3 Å². The summed E-state index contributed by atoms with van der Waals surface area (Å²) in [6, 6.07) is 1.97. The number of aryl methyl sites for hydroxylation is 1. The zero-order valence-corrected chi connectivity index (χ0v) is 11.6. The fourth-order valence-corrected chi connectivity index (χ4v) is 3.08. The summed E-state index contributed by atoms with van der Waals surface area (Å²) < 4.78 is 0. The Bertz CT molecular complexity index is 402. The van der Waals surface area contributed by atoms with Gasteiger partial charge in [0.05, 0.1) is 6.04 Å². The largest absolute Gasteiger partial charge is 0.304 e. The summed E-state index contributed by atoms with van der Waals surface area (Å²) in [5.74, 6) is 0.278. The van der Waals surface area contributed by atoms with Crippen molar-refractivity contribution in [1.82, 2.24) is 9.80 Å². The van der Waals surface area contributed by atoms with Crippen LogP contribution >= 0.6 is 11.3 Å². The molecular formula is C13H20N2OS. The van der Waals surface area contributed by atoms with Crippen LogP contribution in [0.1, 0.15) is 21.7 Å². The third kappa shape index (κ3) is 2.76. The number of hydrogen-bond acceptors (Lipinski definition) is 4. The number of likely N-dealkylation sites (N-methyl/N-ethyl adjacent to an activating group) is 2. The fraction of sp³-hybridized carbons (Fsp3) is 0.615. The van der Waals surface area contributed by atoms with Gasteiger partial charge in [0.2, 0.25) is 0 Å². The van der Waals surface area contributed by atoms with Gasteiger partial charge in [0.25, 0.3) is 0 Å². The summed E-state index contributed by atoms with van der Waals surface area (Å²) in [7, 11) is 4.16. The highest BCUT2D eigenvalue weighted by molar-refractivity contribution is 7.10. The second kappa shape index (κ2) is 5.29. The molecule has 0 spiro atoms. The average Bonchev–Trinajstić information content (AvgIpc) is 2.63. The third-order valence-corrected chi connectivity index (χ3v) is 4.34. The highest BCUT2D eigenvalue weighted by atomic mass is 32.1. The minimum atomic E-state index is 0.01000. The molecule has 4 heteroatoms. The lowest BCUT2D eigenvalue weighted by atomic mass is 10.0. The topological polar surface area (TPSA) is 23.6 Å². The molecule has 1 atom stereocenters. The number of nitrogens with zero attached hydrogens (tertiary/aromatic N) is 2. The van der Waals surface area contributed by atoms with E-state index in [0.29, 0.717) is 0 Å². The maximum absolute atomic E-state index is 12.5. The van der Waals surface area contributed by atoms with Gasteiger partial charge in [-0.25, -0.2) is 0 Å². The molecule has 3 nitrogen and oxygen atoms in total. The molecule has 1 fully saturated rings. The maximum atomic E-state index is 12.5. The van der Waals surface area contributed by atoms with Gasteiger partial charge in [-0.3, -0.25) is 9.69 Å². The second-order valence-corrected chi connectivity index (χ2v) is 5.99. The van der Waals surface area contributed by atoms with Gasteiger partial charge in [0.1, 0.15) is 0 Å². The van der Waals surface area contributed by atoms with E-state index in [4.69, 9.17) is 0 Å². The van der Waals surface area contributed by atoms with Gasteiger partial charge in [-0.05, 0) is 52.0 Å². The first-order valence-corrected chi connectivity index (χ1v) is 6.94. The first-order chi connectivity index (χ1) is 8.09. The number of ketones is 1. The molecule has 1 aliphatic rings. The number of carbonyl (C=O) groups is 1. The van der Waals surface area contributed by atoms with Crippen molar-refractivity contribution in [2.24, 2.45) is 0 Å². The molecule has 1 aromatic heterocycles. The Kier molecular flexibility index (Phi) is 3.97. The lowest BCUT2D eigenvalue weighted by Crippen LogP contribution is -2.43. The zero-order chi connectivity index (χ0) is 12.4. The minimum Gasteiger partial charge on any atom is -0.304 e. The second-order valence-electron chi connectivity index (χ2n) is 4.87. The highest BCUT2D eigenvalue weighted by Gasteiger charge is 2.28. The van der Waals surface area contributed by atoms with Crippen molar-refractivity contribution in [2.45, 2.75) is 19.4 Å². The van der Waals surface area contributed by atoms with Crippen LogP contribution in [0, 0.1) is 6.92 Å². The van der Waals surface area contributed by atoms with Crippen molar-refractivity contribution in [3.05, 3.63) is 21.9 Å². The van der Waals surface area contributed by atoms with E-state index in [1.165, 1.54) is 0 Å². The lowest BCUT2D eigenvalue weighted by molar-refractivity contribution is 0.0839. The van der Waals surface area contributed by atoms with E-state index < -0.39 is 0 Å². The molecule has 0 radical (unpaired) electrons. The van der Waals surface area contributed by atoms with E-state index in [0.717, 1.165) is 36.5 Å². The third-order valence-electron chi connectivity index (χ3n) is 3.49. The van der Waals surface area contributed by atoms with Crippen LogP contribution in [0.4, 0.5) is 0 Å². The molecule has 1 unspecified atom stereocenters. The van der Waals surface area contributed by atoms with Crippen LogP contribution in [-0.4, -0.2) is 55.4 Å². The normalized spacial score (nSPS) is 23.6. The number of carbonyl (C=O) groups excluding carboxylic acids is 1. The van der Waals surface area contributed by atoms with Crippen molar-refractivity contribution >= 4 is 17.1 Å². The van der Waals surface area contributed by atoms with E-state index in [2.05, 4.69) is 23.9 Å². The quantitative estimate of drug-likeness (QED) is 0.751. The first-order valence-electron chi connectivity index (χ1n) is 6.06. The molecule has 2 rings (SSSR count). The van der Waals surface area contributed by atoms with Gasteiger partial charge in [0, 0.05) is 17.0 Å². The number of Topliss-reactive ketones (excluding diaryl/α,β-unsaturated/α-hetero) is 1. The number of hydrogen-bond donors (Lipinski definition) is 0. The molecule has 94 valence electrons. The van der Waals surface area contributed by atoms with Gasteiger partial charge in [-0.15, -0.1) is 11.3 Å². The Hall–Kier alpha value is -0.710. The van der Waals surface area contributed by atoms with Crippen LogP contribution in [0.5, 0.6) is 0 Å². The molecule has 0 aliphatic carbocycles. The standard InChI is InChI=1S/C13H20N2OS/c1-10-11(5-8-17-10)13(16)12-9-14(2)6-4-7-15(12)3/h5,8,12H,4,6-7,9H2,1-3H3. The van der Waals surface area contributed by atoms with Crippen LogP contribution in [0.2, 0.25) is 0 Å². The van der Waals surface area contributed by atoms with E-state index >= 15 is 0 Å². The maximum Gasteiger partial charge on any atom is 0.182 e. The van der Waals surface area contributed by atoms with Crippen molar-refractivity contribution < 1.29 is 4.79 Å². The first kappa shape index (κ1) is 12.7. The predicted octanol–water partition coefficient (Wildman–Crippen LogP) is 1.88. The molecule has 0 saturated carbocycles. The number of thiophene rings is 1. The molecule has 2 heterocycles. The molecular weight excluding hydrogens is 232 g/mol. The van der Waals surface area contributed by atoms with Gasteiger partial charge in [-0.2, -0.15) is 0 Å². The Balaban J connectivity index is 2.19. The average molecular weight is 252 g/mol. The predicted molar refractivity (Wildman–Crippen MR) is 71.9 cm³/mol. The van der Waals surface area contributed by atoms with Crippen LogP contribution in [0.3, 0.4) is 0 Å². The Morgan fingerprint density at radius 2 is 2.18 bits per heavy atom. The Morgan fingerprint density at radius 1 is 1.41 bits per heavy atom. The van der Waals surface area contributed by atoms with Crippen molar-refractivity contribution in [2.75, 3.05) is 33.7 Å². The van der Waals surface area contributed by atoms with Gasteiger partial charge < -0.3 is 4.90 Å². The summed E-state index contributed by atoms with van der Waals surface area (Å²) in [6.45, 7) is 4.95. The van der Waals surface area contributed by atoms with Crippen molar-refractivity contribution in [3.63, 3.8) is 0 Å². The van der Waals surface area contributed by atoms with E-state index in [9.17, 15) is 4.79 Å². The monoisotopic (exact) mass is 252 g/mol. The van der Waals surface area contributed by atoms with Gasteiger partial charge >= 0.3 is 0 Å².